The van der Waals surface area contributed by atoms with Crippen LogP contribution in [0.15, 0.2) is 28.9 Å². The van der Waals surface area contributed by atoms with Gasteiger partial charge in [-0.15, -0.1) is 0 Å². The van der Waals surface area contributed by atoms with Gasteiger partial charge in [-0.2, -0.15) is 5.26 Å². The van der Waals surface area contributed by atoms with Crippen molar-refractivity contribution in [1.29, 1.82) is 5.26 Å². The highest BCUT2D eigenvalue weighted by atomic mass is 16.3. The molecule has 58 valence electrons. The number of benzene rings is 1. The first-order valence-corrected chi connectivity index (χ1v) is 3.70. The van der Waals surface area contributed by atoms with Gasteiger partial charge >= 0.3 is 0 Å². The molecule has 0 aliphatic heterocycles. The Morgan fingerprint density at radius 3 is 3.00 bits per heavy atom. The second-order valence-electron chi connectivity index (χ2n) is 2.71. The van der Waals surface area contributed by atoms with Gasteiger partial charge in [0.25, 0.3) is 0 Å². The quantitative estimate of drug-likeness (QED) is 0.589. The summed E-state index contributed by atoms with van der Waals surface area (Å²) in [6, 6.07) is 7.62. The molecule has 0 saturated carbocycles. The summed E-state index contributed by atoms with van der Waals surface area (Å²) in [6.45, 7) is 1.94. The predicted octanol–water partition coefficient (Wildman–Crippen LogP) is 2.61. The van der Waals surface area contributed by atoms with E-state index in [-0.39, 0.29) is 0 Å². The van der Waals surface area contributed by atoms with Crippen molar-refractivity contribution >= 4 is 11.0 Å². The highest BCUT2D eigenvalue weighted by Gasteiger charge is 2.05. The molecular formula is C10H7NO. The van der Waals surface area contributed by atoms with E-state index in [4.69, 9.17) is 9.68 Å². The van der Waals surface area contributed by atoms with Crippen molar-refractivity contribution in [2.24, 2.45) is 0 Å². The van der Waals surface area contributed by atoms with Crippen molar-refractivity contribution in [2.45, 2.75) is 6.92 Å². The van der Waals surface area contributed by atoms with Gasteiger partial charge in [0.05, 0.1) is 17.9 Å². The standard InChI is InChI=1S/C10H7NO/c1-7-6-12-9-4-2-3-8(5-11)10(7)9/h2-4,6H,1H3. The Kier molecular flexibility index (Phi) is 1.38. The smallest absolute Gasteiger partial charge is 0.135 e. The van der Waals surface area contributed by atoms with Crippen LogP contribution in [-0.2, 0) is 0 Å². The van der Waals surface area contributed by atoms with E-state index in [0.717, 1.165) is 16.5 Å². The van der Waals surface area contributed by atoms with E-state index < -0.39 is 0 Å². The molecule has 0 amide bonds. The van der Waals surface area contributed by atoms with Crippen molar-refractivity contribution in [3.05, 3.63) is 35.6 Å². The number of hydrogen-bond donors (Lipinski definition) is 0. The second kappa shape index (κ2) is 2.38. The molecule has 1 aromatic carbocycles. The van der Waals surface area contributed by atoms with Crippen LogP contribution in [0.4, 0.5) is 0 Å². The maximum absolute atomic E-state index is 8.79. The molecule has 0 unspecified atom stereocenters. The Morgan fingerprint density at radius 2 is 2.25 bits per heavy atom. The van der Waals surface area contributed by atoms with Gasteiger partial charge in [0, 0.05) is 5.39 Å². The summed E-state index contributed by atoms with van der Waals surface area (Å²) >= 11 is 0. The minimum atomic E-state index is 0.679. The lowest BCUT2D eigenvalue weighted by atomic mass is 10.1. The summed E-state index contributed by atoms with van der Waals surface area (Å²) in [7, 11) is 0. The second-order valence-corrected chi connectivity index (χ2v) is 2.71. The third-order valence-corrected chi connectivity index (χ3v) is 1.90. The van der Waals surface area contributed by atoms with Gasteiger partial charge in [-0.05, 0) is 24.6 Å². The van der Waals surface area contributed by atoms with Gasteiger partial charge in [-0.3, -0.25) is 0 Å². The first-order chi connectivity index (χ1) is 5.83. The van der Waals surface area contributed by atoms with E-state index in [9.17, 15) is 0 Å². The van der Waals surface area contributed by atoms with Crippen LogP contribution in [0, 0.1) is 18.3 Å². The molecule has 2 nitrogen and oxygen atoms in total. The molecule has 2 rings (SSSR count). The minimum Gasteiger partial charge on any atom is -0.464 e. The lowest BCUT2D eigenvalue weighted by Crippen LogP contribution is -1.76. The van der Waals surface area contributed by atoms with Gasteiger partial charge in [-0.25, -0.2) is 0 Å². The predicted molar refractivity (Wildman–Crippen MR) is 45.7 cm³/mol. The number of furan rings is 1. The summed E-state index contributed by atoms with van der Waals surface area (Å²) in [5.41, 5.74) is 2.48. The number of nitrogens with zero attached hydrogens (tertiary/aromatic N) is 1. The average Bonchev–Trinajstić information content (AvgIpc) is 2.48. The third-order valence-electron chi connectivity index (χ3n) is 1.90. The number of hydrogen-bond acceptors (Lipinski definition) is 2. The molecule has 12 heavy (non-hydrogen) atoms. The molecule has 0 atom stereocenters. The monoisotopic (exact) mass is 157 g/mol. The molecule has 0 N–H and O–H groups in total. The van der Waals surface area contributed by atoms with E-state index in [0.29, 0.717) is 5.56 Å². The summed E-state index contributed by atoms with van der Waals surface area (Å²) in [5.74, 6) is 0. The van der Waals surface area contributed by atoms with E-state index in [2.05, 4.69) is 6.07 Å². The maximum atomic E-state index is 8.79. The Bertz CT molecular complexity index is 462. The minimum absolute atomic E-state index is 0.679. The van der Waals surface area contributed by atoms with E-state index in [1.807, 2.05) is 19.1 Å². The molecule has 0 fully saturated rings. The fraction of sp³-hybridized carbons (Fsp3) is 0.100. The molecule has 0 bridgehead atoms. The molecule has 2 aromatic rings. The summed E-state index contributed by atoms with van der Waals surface area (Å²) < 4.78 is 5.24. The van der Waals surface area contributed by atoms with Crippen molar-refractivity contribution in [2.75, 3.05) is 0 Å². The Morgan fingerprint density at radius 1 is 1.42 bits per heavy atom. The number of nitriles is 1. The van der Waals surface area contributed by atoms with E-state index >= 15 is 0 Å². The molecule has 0 radical (unpaired) electrons. The highest BCUT2D eigenvalue weighted by Crippen LogP contribution is 2.23. The van der Waals surface area contributed by atoms with Crippen LogP contribution in [-0.4, -0.2) is 0 Å². The van der Waals surface area contributed by atoms with Crippen LogP contribution in [0.3, 0.4) is 0 Å². The van der Waals surface area contributed by atoms with Gasteiger partial charge in [-0.1, -0.05) is 6.07 Å². The maximum Gasteiger partial charge on any atom is 0.135 e. The van der Waals surface area contributed by atoms with Crippen LogP contribution in [0.5, 0.6) is 0 Å². The van der Waals surface area contributed by atoms with Crippen LogP contribution >= 0.6 is 0 Å². The molecule has 0 aliphatic rings. The Labute approximate surface area is 70.0 Å². The number of rotatable bonds is 0. The number of fused-ring (bicyclic) bond motifs is 1. The first kappa shape index (κ1) is 6.93. The molecular weight excluding hydrogens is 150 g/mol. The summed E-state index contributed by atoms with van der Waals surface area (Å²) in [4.78, 5) is 0. The Hall–Kier alpha value is -1.75. The topological polar surface area (TPSA) is 36.9 Å². The van der Waals surface area contributed by atoms with Crippen LogP contribution < -0.4 is 0 Å². The lowest BCUT2D eigenvalue weighted by Gasteiger charge is -1.91. The molecule has 1 aromatic heterocycles. The Balaban J connectivity index is 2.96. The zero-order valence-corrected chi connectivity index (χ0v) is 6.66. The normalized spacial score (nSPS) is 10.0. The fourth-order valence-electron chi connectivity index (χ4n) is 1.34. The molecule has 0 saturated heterocycles. The zero-order chi connectivity index (χ0) is 8.55. The van der Waals surface area contributed by atoms with Gasteiger partial charge in [0.15, 0.2) is 0 Å². The van der Waals surface area contributed by atoms with Crippen LogP contribution in [0.25, 0.3) is 11.0 Å². The molecule has 0 aliphatic carbocycles. The molecule has 0 spiro atoms. The average molecular weight is 157 g/mol. The van der Waals surface area contributed by atoms with Crippen LogP contribution in [0.1, 0.15) is 11.1 Å². The van der Waals surface area contributed by atoms with Gasteiger partial charge in [0.2, 0.25) is 0 Å². The highest BCUT2D eigenvalue weighted by molar-refractivity contribution is 5.86. The summed E-state index contributed by atoms with van der Waals surface area (Å²) in [5, 5.41) is 9.72. The number of aryl methyl sites for hydroxylation is 1. The van der Waals surface area contributed by atoms with Crippen molar-refractivity contribution in [1.82, 2.24) is 0 Å². The van der Waals surface area contributed by atoms with E-state index in [1.165, 1.54) is 0 Å². The van der Waals surface area contributed by atoms with Crippen molar-refractivity contribution < 1.29 is 4.42 Å². The SMILES string of the molecule is Cc1coc2cccc(C#N)c12. The largest absolute Gasteiger partial charge is 0.464 e. The van der Waals surface area contributed by atoms with Crippen molar-refractivity contribution in [3.8, 4) is 6.07 Å². The fourth-order valence-corrected chi connectivity index (χ4v) is 1.34. The first-order valence-electron chi connectivity index (χ1n) is 3.70. The van der Waals surface area contributed by atoms with Crippen LogP contribution in [0.2, 0.25) is 0 Å². The molecule has 2 heteroatoms. The lowest BCUT2D eigenvalue weighted by molar-refractivity contribution is 0.613. The third kappa shape index (κ3) is 0.802. The zero-order valence-electron chi connectivity index (χ0n) is 6.66. The van der Waals surface area contributed by atoms with Crippen molar-refractivity contribution in [3.63, 3.8) is 0 Å². The van der Waals surface area contributed by atoms with Gasteiger partial charge in [0.1, 0.15) is 5.58 Å². The van der Waals surface area contributed by atoms with Gasteiger partial charge < -0.3 is 4.42 Å². The summed E-state index contributed by atoms with van der Waals surface area (Å²) in [6.07, 6.45) is 1.67. The van der Waals surface area contributed by atoms with E-state index in [1.54, 1.807) is 12.3 Å². The molecule has 1 heterocycles.